The third-order valence-corrected chi connectivity index (χ3v) is 5.38. The number of rotatable bonds is 3. The molecule has 2 N–H and O–H groups in total. The van der Waals surface area contributed by atoms with Crippen LogP contribution in [-0.4, -0.2) is 25.3 Å². The van der Waals surface area contributed by atoms with Crippen molar-refractivity contribution in [2.75, 3.05) is 12.3 Å². The van der Waals surface area contributed by atoms with Crippen molar-refractivity contribution in [3.05, 3.63) is 29.8 Å². The van der Waals surface area contributed by atoms with Gasteiger partial charge >= 0.3 is 0 Å². The maximum Gasteiger partial charge on any atom is 0.218 e. The van der Waals surface area contributed by atoms with Crippen molar-refractivity contribution in [2.24, 2.45) is 5.92 Å². The van der Waals surface area contributed by atoms with Crippen molar-refractivity contribution < 1.29 is 8.42 Å². The average molecular weight is 268 g/mol. The number of nitrogens with zero attached hydrogens (tertiary/aromatic N) is 1. The number of hydrogen-bond acceptors (Lipinski definition) is 3. The summed E-state index contributed by atoms with van der Waals surface area (Å²) in [5, 5.41) is 0. The molecule has 5 heteroatoms. The zero-order chi connectivity index (χ0) is 13.3. The highest BCUT2D eigenvalue weighted by Crippen LogP contribution is 2.27. The van der Waals surface area contributed by atoms with Crippen LogP contribution in [0.15, 0.2) is 24.3 Å². The first-order valence-electron chi connectivity index (χ1n) is 6.23. The van der Waals surface area contributed by atoms with Crippen molar-refractivity contribution >= 4 is 15.7 Å². The van der Waals surface area contributed by atoms with Crippen LogP contribution in [-0.2, 0) is 15.8 Å². The van der Waals surface area contributed by atoms with Crippen LogP contribution < -0.4 is 5.73 Å². The molecule has 1 aliphatic rings. The smallest absolute Gasteiger partial charge is 0.218 e. The van der Waals surface area contributed by atoms with Gasteiger partial charge in [0.25, 0.3) is 0 Å². The fourth-order valence-electron chi connectivity index (χ4n) is 2.59. The zero-order valence-electron chi connectivity index (χ0n) is 10.8. The largest absolute Gasteiger partial charge is 0.398 e. The van der Waals surface area contributed by atoms with Gasteiger partial charge in [0.2, 0.25) is 10.0 Å². The van der Waals surface area contributed by atoms with Gasteiger partial charge in [-0.05, 0) is 30.9 Å². The number of hydrogen-bond donors (Lipinski definition) is 1. The average Bonchev–Trinajstić information content (AvgIpc) is 2.62. The normalized spacial score (nSPS) is 25.4. The molecule has 2 atom stereocenters. The van der Waals surface area contributed by atoms with E-state index in [0.717, 1.165) is 6.42 Å². The molecule has 1 saturated heterocycles. The topological polar surface area (TPSA) is 63.4 Å². The van der Waals surface area contributed by atoms with Crippen LogP contribution in [0.25, 0.3) is 0 Å². The van der Waals surface area contributed by atoms with Gasteiger partial charge in [-0.15, -0.1) is 0 Å². The minimum atomic E-state index is -3.26. The van der Waals surface area contributed by atoms with Crippen LogP contribution in [0.4, 0.5) is 5.69 Å². The predicted octanol–water partition coefficient (Wildman–Crippen LogP) is 1.83. The molecule has 0 bridgehead atoms. The van der Waals surface area contributed by atoms with E-state index in [0.29, 0.717) is 23.7 Å². The van der Waals surface area contributed by atoms with Gasteiger partial charge in [0, 0.05) is 18.3 Å². The molecule has 1 aromatic rings. The lowest BCUT2D eigenvalue weighted by Gasteiger charge is -2.21. The molecular formula is C13H20N2O2S. The fraction of sp³-hybridized carbons (Fsp3) is 0.538. The third-order valence-electron chi connectivity index (χ3n) is 3.48. The molecule has 0 amide bonds. The molecule has 1 aromatic carbocycles. The van der Waals surface area contributed by atoms with Gasteiger partial charge in [0.1, 0.15) is 0 Å². The van der Waals surface area contributed by atoms with Gasteiger partial charge in [-0.25, -0.2) is 8.42 Å². The van der Waals surface area contributed by atoms with E-state index >= 15 is 0 Å². The van der Waals surface area contributed by atoms with E-state index in [1.54, 1.807) is 16.4 Å². The third kappa shape index (κ3) is 2.67. The van der Waals surface area contributed by atoms with E-state index < -0.39 is 10.0 Å². The van der Waals surface area contributed by atoms with E-state index in [1.807, 2.05) is 19.1 Å². The Bertz CT molecular complexity index is 528. The molecule has 0 aliphatic carbocycles. The summed E-state index contributed by atoms with van der Waals surface area (Å²) in [7, 11) is -3.26. The van der Waals surface area contributed by atoms with Gasteiger partial charge in [0.05, 0.1) is 5.75 Å². The first-order chi connectivity index (χ1) is 8.40. The Morgan fingerprint density at radius 3 is 2.56 bits per heavy atom. The molecule has 1 heterocycles. The summed E-state index contributed by atoms with van der Waals surface area (Å²) in [6, 6.07) is 7.23. The fourth-order valence-corrected chi connectivity index (χ4v) is 4.53. The highest BCUT2D eigenvalue weighted by atomic mass is 32.2. The summed E-state index contributed by atoms with van der Waals surface area (Å²) >= 11 is 0. The maximum atomic E-state index is 12.4. The molecule has 0 radical (unpaired) electrons. The highest BCUT2D eigenvalue weighted by molar-refractivity contribution is 7.88. The second kappa shape index (κ2) is 4.90. The minimum Gasteiger partial charge on any atom is -0.398 e. The van der Waals surface area contributed by atoms with Crippen LogP contribution in [0.2, 0.25) is 0 Å². The Morgan fingerprint density at radius 2 is 2.00 bits per heavy atom. The first-order valence-corrected chi connectivity index (χ1v) is 7.84. The first kappa shape index (κ1) is 13.4. The number of para-hydroxylation sites is 1. The maximum absolute atomic E-state index is 12.4. The molecule has 4 nitrogen and oxygen atoms in total. The van der Waals surface area contributed by atoms with Crippen LogP contribution in [0, 0.1) is 5.92 Å². The molecule has 100 valence electrons. The lowest BCUT2D eigenvalue weighted by Crippen LogP contribution is -2.35. The Kier molecular flexibility index (Phi) is 3.64. The molecule has 0 spiro atoms. The van der Waals surface area contributed by atoms with Crippen molar-refractivity contribution in [2.45, 2.75) is 32.1 Å². The molecule has 18 heavy (non-hydrogen) atoms. The number of benzene rings is 1. The van der Waals surface area contributed by atoms with Crippen molar-refractivity contribution in [3.8, 4) is 0 Å². The number of nitrogens with two attached hydrogens (primary N) is 1. The second-order valence-corrected chi connectivity index (χ2v) is 7.14. The highest BCUT2D eigenvalue weighted by Gasteiger charge is 2.35. The summed E-state index contributed by atoms with van der Waals surface area (Å²) in [5.41, 5.74) is 7.03. The van der Waals surface area contributed by atoms with E-state index in [4.69, 9.17) is 5.73 Å². The van der Waals surface area contributed by atoms with Gasteiger partial charge in [0.15, 0.2) is 0 Å². The Labute approximate surface area is 109 Å². The summed E-state index contributed by atoms with van der Waals surface area (Å²) in [4.78, 5) is 0. The van der Waals surface area contributed by atoms with E-state index in [2.05, 4.69) is 6.92 Å². The van der Waals surface area contributed by atoms with Crippen LogP contribution in [0.5, 0.6) is 0 Å². The summed E-state index contributed by atoms with van der Waals surface area (Å²) in [6.07, 6.45) is 0.934. The number of nitrogen functional groups attached to an aromatic ring is 1. The summed E-state index contributed by atoms with van der Waals surface area (Å²) < 4.78 is 26.4. The minimum absolute atomic E-state index is 0.00324. The van der Waals surface area contributed by atoms with Crippen molar-refractivity contribution in [1.82, 2.24) is 4.31 Å². The quantitative estimate of drug-likeness (QED) is 0.851. The molecule has 2 rings (SSSR count). The van der Waals surface area contributed by atoms with Gasteiger partial charge < -0.3 is 5.73 Å². The zero-order valence-corrected chi connectivity index (χ0v) is 11.7. The van der Waals surface area contributed by atoms with Crippen molar-refractivity contribution in [3.63, 3.8) is 0 Å². The monoisotopic (exact) mass is 268 g/mol. The van der Waals surface area contributed by atoms with Gasteiger partial charge in [-0.3, -0.25) is 0 Å². The lowest BCUT2D eigenvalue weighted by molar-refractivity contribution is 0.405. The predicted molar refractivity (Wildman–Crippen MR) is 73.4 cm³/mol. The van der Waals surface area contributed by atoms with Gasteiger partial charge in [-0.2, -0.15) is 4.31 Å². The SMILES string of the molecule is CC1CC(C)N(S(=O)(=O)Cc2ccccc2N)C1. The number of sulfonamides is 1. The molecule has 2 unspecified atom stereocenters. The molecular weight excluding hydrogens is 248 g/mol. The molecule has 1 aliphatic heterocycles. The van der Waals surface area contributed by atoms with Crippen LogP contribution in [0.3, 0.4) is 0 Å². The standard InChI is InChI=1S/C13H20N2O2S/c1-10-7-11(2)15(8-10)18(16,17)9-12-5-3-4-6-13(12)14/h3-6,10-11H,7-9,14H2,1-2H3. The Hall–Kier alpha value is -1.07. The van der Waals surface area contributed by atoms with E-state index in [1.165, 1.54) is 0 Å². The Balaban J connectivity index is 2.20. The molecule has 0 aromatic heterocycles. The second-order valence-electron chi connectivity index (χ2n) is 5.21. The molecule has 1 fully saturated rings. The van der Waals surface area contributed by atoms with E-state index in [-0.39, 0.29) is 11.8 Å². The lowest BCUT2D eigenvalue weighted by atomic mass is 10.1. The van der Waals surface area contributed by atoms with Gasteiger partial charge in [-0.1, -0.05) is 25.1 Å². The summed E-state index contributed by atoms with van der Waals surface area (Å²) in [6.45, 7) is 4.68. The van der Waals surface area contributed by atoms with Crippen LogP contribution >= 0.6 is 0 Å². The van der Waals surface area contributed by atoms with Crippen LogP contribution in [0.1, 0.15) is 25.8 Å². The summed E-state index contributed by atoms with van der Waals surface area (Å²) in [5.74, 6) is 0.430. The molecule has 0 saturated carbocycles. The number of anilines is 1. The Morgan fingerprint density at radius 1 is 1.33 bits per heavy atom. The van der Waals surface area contributed by atoms with Crippen molar-refractivity contribution in [1.29, 1.82) is 0 Å². The van der Waals surface area contributed by atoms with E-state index in [9.17, 15) is 8.42 Å².